The molecule has 1 atom stereocenters. The fourth-order valence-corrected chi connectivity index (χ4v) is 1.13. The molecule has 0 aliphatic heterocycles. The molecule has 1 rings (SSSR count). The van der Waals surface area contributed by atoms with E-state index in [2.05, 4.69) is 15.9 Å². The van der Waals surface area contributed by atoms with Crippen LogP contribution in [0.3, 0.4) is 0 Å². The lowest BCUT2D eigenvalue weighted by atomic mass is 10.1. The van der Waals surface area contributed by atoms with Crippen molar-refractivity contribution in [3.05, 3.63) is 35.9 Å². The molecule has 64 valence electrons. The molecule has 3 heteroatoms. The maximum atomic E-state index is 7.66. The zero-order valence-electron chi connectivity index (χ0n) is 6.75. The Labute approximate surface area is 80.2 Å². The number of alkyl halides is 1. The maximum absolute atomic E-state index is 7.66. The van der Waals surface area contributed by atoms with Crippen molar-refractivity contribution in [3.63, 3.8) is 0 Å². The van der Waals surface area contributed by atoms with Gasteiger partial charge in [0.2, 0.25) is 0 Å². The van der Waals surface area contributed by atoms with E-state index in [1.807, 2.05) is 30.3 Å². The lowest BCUT2D eigenvalue weighted by Crippen LogP contribution is -2.15. The van der Waals surface area contributed by atoms with Crippen LogP contribution in [0.1, 0.15) is 5.56 Å². The van der Waals surface area contributed by atoms with E-state index in [9.17, 15) is 0 Å². The Morgan fingerprint density at radius 2 is 2.00 bits per heavy atom. The number of rotatable bonds is 3. The number of halogens is 1. The lowest BCUT2D eigenvalue weighted by Gasteiger charge is -2.08. The molecule has 0 radical (unpaired) electrons. The van der Waals surface area contributed by atoms with Crippen LogP contribution in [0.15, 0.2) is 30.3 Å². The first-order chi connectivity index (χ1) is 5.75. The largest absolute Gasteiger partial charge is 0.364 e. The summed E-state index contributed by atoms with van der Waals surface area (Å²) in [5.74, 6) is 0. The Hall–Kier alpha value is -0.670. The summed E-state index contributed by atoms with van der Waals surface area (Å²) in [6.07, 6.45) is 0. The maximum Gasteiger partial charge on any atom is 0.153 e. The van der Waals surface area contributed by atoms with Gasteiger partial charge in [-0.15, -0.1) is 0 Å². The third-order valence-corrected chi connectivity index (χ3v) is 2.35. The quantitative estimate of drug-likeness (QED) is 0.625. The molecular weight excluding hydrogens is 218 g/mol. The normalized spacial score (nSPS) is 12.5. The molecule has 0 aromatic heterocycles. The summed E-state index contributed by atoms with van der Waals surface area (Å²) in [5, 5.41) is 7.34. The first-order valence-electron chi connectivity index (χ1n) is 3.56. The Morgan fingerprint density at radius 1 is 1.42 bits per heavy atom. The van der Waals surface area contributed by atoms with Crippen LogP contribution in [0.4, 0.5) is 0 Å². The number of benzene rings is 1. The van der Waals surface area contributed by atoms with E-state index in [0.29, 0.717) is 5.71 Å². The molecular formula is C9H10BrNO. The van der Waals surface area contributed by atoms with Gasteiger partial charge in [-0.1, -0.05) is 46.3 Å². The van der Waals surface area contributed by atoms with Gasteiger partial charge in [0.15, 0.2) is 5.01 Å². The summed E-state index contributed by atoms with van der Waals surface area (Å²) in [4.78, 5) is 0. The summed E-state index contributed by atoms with van der Waals surface area (Å²) in [7, 11) is 1.57. The number of hydrogen-bond acceptors (Lipinski definition) is 2. The molecule has 1 N–H and O–H groups in total. The van der Waals surface area contributed by atoms with Crippen molar-refractivity contribution < 1.29 is 4.74 Å². The molecule has 1 aromatic carbocycles. The lowest BCUT2D eigenvalue weighted by molar-refractivity contribution is 0.224. The summed E-state index contributed by atoms with van der Waals surface area (Å²) >= 11 is 3.23. The molecule has 0 saturated heterocycles. The zero-order chi connectivity index (χ0) is 8.97. The molecule has 1 unspecified atom stereocenters. The molecule has 2 nitrogen and oxygen atoms in total. The first kappa shape index (κ1) is 9.42. The van der Waals surface area contributed by atoms with E-state index in [1.54, 1.807) is 7.11 Å². The smallest absolute Gasteiger partial charge is 0.153 e. The van der Waals surface area contributed by atoms with Gasteiger partial charge >= 0.3 is 0 Å². The molecule has 0 saturated carbocycles. The molecule has 1 aromatic rings. The van der Waals surface area contributed by atoms with Crippen molar-refractivity contribution in [3.8, 4) is 0 Å². The van der Waals surface area contributed by atoms with Crippen molar-refractivity contribution in [2.24, 2.45) is 0 Å². The van der Waals surface area contributed by atoms with Crippen LogP contribution in [0.5, 0.6) is 0 Å². The number of hydrogen-bond donors (Lipinski definition) is 1. The average Bonchev–Trinajstić information content (AvgIpc) is 2.17. The highest BCUT2D eigenvalue weighted by Gasteiger charge is 2.10. The van der Waals surface area contributed by atoms with Crippen molar-refractivity contribution >= 4 is 21.6 Å². The minimum absolute atomic E-state index is 0.320. The van der Waals surface area contributed by atoms with Crippen molar-refractivity contribution in [1.82, 2.24) is 0 Å². The fourth-order valence-electron chi connectivity index (χ4n) is 0.867. The van der Waals surface area contributed by atoms with Gasteiger partial charge in [-0.25, -0.2) is 0 Å². The second-order valence-electron chi connectivity index (χ2n) is 2.33. The van der Waals surface area contributed by atoms with Crippen LogP contribution >= 0.6 is 15.9 Å². The molecule has 0 spiro atoms. The molecule has 0 amide bonds. The van der Waals surface area contributed by atoms with Crippen LogP contribution in [0.2, 0.25) is 0 Å². The van der Waals surface area contributed by atoms with Gasteiger partial charge in [0.25, 0.3) is 0 Å². The van der Waals surface area contributed by atoms with Gasteiger partial charge in [0.1, 0.15) is 0 Å². The highest BCUT2D eigenvalue weighted by Crippen LogP contribution is 2.09. The molecule has 0 aliphatic rings. The van der Waals surface area contributed by atoms with E-state index in [1.165, 1.54) is 0 Å². The highest BCUT2D eigenvalue weighted by atomic mass is 79.9. The van der Waals surface area contributed by atoms with Gasteiger partial charge in [-0.2, -0.15) is 0 Å². The SMILES string of the molecule is COC(Br)C(=N)c1ccccc1. The van der Waals surface area contributed by atoms with E-state index in [0.717, 1.165) is 5.56 Å². The Bertz CT molecular complexity index is 260. The second-order valence-corrected chi connectivity index (χ2v) is 3.16. The highest BCUT2D eigenvalue weighted by molar-refractivity contribution is 9.09. The molecule has 0 fully saturated rings. The molecule has 0 bridgehead atoms. The van der Waals surface area contributed by atoms with Gasteiger partial charge in [0, 0.05) is 7.11 Å². The van der Waals surface area contributed by atoms with Gasteiger partial charge in [0.05, 0.1) is 5.71 Å². The van der Waals surface area contributed by atoms with E-state index < -0.39 is 0 Å². The van der Waals surface area contributed by atoms with Crippen LogP contribution in [0, 0.1) is 5.41 Å². The predicted octanol–water partition coefficient (Wildman–Crippen LogP) is 2.42. The van der Waals surface area contributed by atoms with Gasteiger partial charge in [-0.3, -0.25) is 0 Å². The van der Waals surface area contributed by atoms with Crippen LogP contribution < -0.4 is 0 Å². The van der Waals surface area contributed by atoms with Gasteiger partial charge in [-0.05, 0) is 5.56 Å². The minimum Gasteiger partial charge on any atom is -0.364 e. The summed E-state index contributed by atoms with van der Waals surface area (Å²) in [6, 6.07) is 9.50. The standard InChI is InChI=1S/C9H10BrNO/c1-12-9(10)8(11)7-5-3-2-4-6-7/h2-6,9,11H,1H3. The first-order valence-corrected chi connectivity index (χ1v) is 4.48. The third-order valence-electron chi connectivity index (χ3n) is 1.52. The minimum atomic E-state index is -0.320. The van der Waals surface area contributed by atoms with Crippen molar-refractivity contribution in [1.29, 1.82) is 5.41 Å². The monoisotopic (exact) mass is 227 g/mol. The Morgan fingerprint density at radius 3 is 2.50 bits per heavy atom. The summed E-state index contributed by atoms with van der Waals surface area (Å²) in [6.45, 7) is 0. The van der Waals surface area contributed by atoms with Crippen molar-refractivity contribution in [2.45, 2.75) is 5.01 Å². The zero-order valence-corrected chi connectivity index (χ0v) is 8.34. The third kappa shape index (κ3) is 2.16. The van der Waals surface area contributed by atoms with Gasteiger partial charge < -0.3 is 10.1 Å². The van der Waals surface area contributed by atoms with Crippen molar-refractivity contribution in [2.75, 3.05) is 7.11 Å². The number of nitrogens with one attached hydrogen (secondary N) is 1. The topological polar surface area (TPSA) is 33.1 Å². The molecule has 0 aliphatic carbocycles. The molecule has 12 heavy (non-hydrogen) atoms. The Kier molecular flexibility index (Phi) is 3.44. The van der Waals surface area contributed by atoms with E-state index >= 15 is 0 Å². The number of ether oxygens (including phenoxy) is 1. The summed E-state index contributed by atoms with van der Waals surface area (Å²) < 4.78 is 4.96. The van der Waals surface area contributed by atoms with Crippen LogP contribution in [-0.2, 0) is 4.74 Å². The fraction of sp³-hybridized carbons (Fsp3) is 0.222. The van der Waals surface area contributed by atoms with E-state index in [-0.39, 0.29) is 5.01 Å². The summed E-state index contributed by atoms with van der Waals surface area (Å²) in [5.41, 5.74) is 1.32. The van der Waals surface area contributed by atoms with Crippen LogP contribution in [0.25, 0.3) is 0 Å². The van der Waals surface area contributed by atoms with E-state index in [4.69, 9.17) is 10.1 Å². The number of methoxy groups -OCH3 is 1. The second kappa shape index (κ2) is 4.38. The predicted molar refractivity (Wildman–Crippen MR) is 53.0 cm³/mol. The average molecular weight is 228 g/mol. The molecule has 0 heterocycles. The van der Waals surface area contributed by atoms with Crippen LogP contribution in [-0.4, -0.2) is 17.8 Å². The Balaban J connectivity index is 2.79.